The van der Waals surface area contributed by atoms with Gasteiger partial charge in [0.25, 0.3) is 0 Å². The van der Waals surface area contributed by atoms with Gasteiger partial charge in [0.2, 0.25) is 0 Å². The molecule has 0 aromatic rings. The average Bonchev–Trinajstić information content (AvgIpc) is 2.40. The molecule has 70 valence electrons. The van der Waals surface area contributed by atoms with E-state index in [1.165, 1.54) is 51.4 Å². The Balaban J connectivity index is 2.11. The third-order valence-corrected chi connectivity index (χ3v) is 4.23. The lowest BCUT2D eigenvalue weighted by atomic mass is 9.74. The molecule has 2 N–H and O–H groups in total. The van der Waals surface area contributed by atoms with Crippen molar-refractivity contribution in [3.8, 4) is 0 Å². The van der Waals surface area contributed by atoms with Crippen molar-refractivity contribution in [2.75, 3.05) is 6.54 Å². The molecule has 2 aliphatic rings. The lowest BCUT2D eigenvalue weighted by Crippen LogP contribution is -2.33. The van der Waals surface area contributed by atoms with Crippen LogP contribution < -0.4 is 5.73 Å². The summed E-state index contributed by atoms with van der Waals surface area (Å²) in [6, 6.07) is 0. The van der Waals surface area contributed by atoms with Crippen LogP contribution in [-0.2, 0) is 0 Å². The van der Waals surface area contributed by atoms with Gasteiger partial charge in [0, 0.05) is 0 Å². The molecular formula is C11H21N. The number of fused-ring (bicyclic) bond motifs is 1. The Morgan fingerprint density at radius 1 is 1.00 bits per heavy atom. The minimum Gasteiger partial charge on any atom is -0.330 e. The van der Waals surface area contributed by atoms with Crippen molar-refractivity contribution in [3.63, 3.8) is 0 Å². The Morgan fingerprint density at radius 3 is 2.58 bits per heavy atom. The van der Waals surface area contributed by atoms with Crippen LogP contribution in [-0.4, -0.2) is 6.54 Å². The molecular weight excluding hydrogens is 146 g/mol. The summed E-state index contributed by atoms with van der Waals surface area (Å²) in [6.45, 7) is 0.956. The van der Waals surface area contributed by atoms with Crippen LogP contribution in [0.25, 0.3) is 0 Å². The SMILES string of the molecule is NCC12CCCCCC1CCC2. The van der Waals surface area contributed by atoms with Gasteiger partial charge in [-0.25, -0.2) is 0 Å². The predicted molar refractivity (Wildman–Crippen MR) is 51.9 cm³/mol. The smallest absolute Gasteiger partial charge is 0.00179 e. The number of nitrogens with two attached hydrogens (primary N) is 1. The molecule has 0 bridgehead atoms. The lowest BCUT2D eigenvalue weighted by Gasteiger charge is -2.32. The summed E-state index contributed by atoms with van der Waals surface area (Å²) in [6.07, 6.45) is 11.6. The fourth-order valence-corrected chi connectivity index (χ4v) is 3.41. The van der Waals surface area contributed by atoms with Crippen LogP contribution in [0.3, 0.4) is 0 Å². The van der Waals surface area contributed by atoms with E-state index in [-0.39, 0.29) is 0 Å². The van der Waals surface area contributed by atoms with Gasteiger partial charge >= 0.3 is 0 Å². The Morgan fingerprint density at radius 2 is 1.75 bits per heavy atom. The maximum absolute atomic E-state index is 5.95. The second-order valence-electron chi connectivity index (χ2n) is 4.75. The summed E-state index contributed by atoms with van der Waals surface area (Å²) < 4.78 is 0. The predicted octanol–water partition coefficient (Wildman–Crippen LogP) is 2.70. The molecule has 2 aliphatic carbocycles. The van der Waals surface area contributed by atoms with Crippen molar-refractivity contribution in [3.05, 3.63) is 0 Å². The van der Waals surface area contributed by atoms with E-state index in [1.54, 1.807) is 0 Å². The maximum Gasteiger partial charge on any atom is -0.00179 e. The molecule has 1 heteroatoms. The summed E-state index contributed by atoms with van der Waals surface area (Å²) in [5, 5.41) is 0. The molecule has 0 aromatic carbocycles. The third-order valence-electron chi connectivity index (χ3n) is 4.23. The zero-order valence-electron chi connectivity index (χ0n) is 8.02. The Bertz CT molecular complexity index is 155. The van der Waals surface area contributed by atoms with Gasteiger partial charge in [0.1, 0.15) is 0 Å². The Hall–Kier alpha value is -0.0400. The van der Waals surface area contributed by atoms with Gasteiger partial charge in [-0.3, -0.25) is 0 Å². The molecule has 0 heterocycles. The van der Waals surface area contributed by atoms with Crippen molar-refractivity contribution in [2.24, 2.45) is 17.1 Å². The minimum atomic E-state index is 0.594. The molecule has 0 aromatic heterocycles. The molecule has 0 aliphatic heterocycles. The summed E-state index contributed by atoms with van der Waals surface area (Å²) >= 11 is 0. The minimum absolute atomic E-state index is 0.594. The molecule has 12 heavy (non-hydrogen) atoms. The van der Waals surface area contributed by atoms with Crippen molar-refractivity contribution in [1.29, 1.82) is 0 Å². The molecule has 2 fully saturated rings. The molecule has 2 rings (SSSR count). The molecule has 2 unspecified atom stereocenters. The van der Waals surface area contributed by atoms with E-state index in [1.807, 2.05) is 0 Å². The Labute approximate surface area is 75.7 Å². The van der Waals surface area contributed by atoms with Gasteiger partial charge in [-0.05, 0) is 43.6 Å². The highest BCUT2D eigenvalue weighted by Gasteiger charge is 2.41. The van der Waals surface area contributed by atoms with E-state index < -0.39 is 0 Å². The quantitative estimate of drug-likeness (QED) is 0.638. The highest BCUT2D eigenvalue weighted by Crippen LogP contribution is 2.50. The van der Waals surface area contributed by atoms with Gasteiger partial charge in [-0.15, -0.1) is 0 Å². The highest BCUT2D eigenvalue weighted by molar-refractivity contribution is 4.93. The summed E-state index contributed by atoms with van der Waals surface area (Å²) in [5.41, 5.74) is 6.54. The van der Waals surface area contributed by atoms with E-state index in [0.717, 1.165) is 12.5 Å². The van der Waals surface area contributed by atoms with Crippen LogP contribution in [0.2, 0.25) is 0 Å². The molecule has 2 atom stereocenters. The molecule has 0 radical (unpaired) electrons. The van der Waals surface area contributed by atoms with Crippen LogP contribution in [0.1, 0.15) is 51.4 Å². The summed E-state index contributed by atoms with van der Waals surface area (Å²) in [5.74, 6) is 0.991. The summed E-state index contributed by atoms with van der Waals surface area (Å²) in [7, 11) is 0. The van der Waals surface area contributed by atoms with E-state index in [9.17, 15) is 0 Å². The van der Waals surface area contributed by atoms with E-state index in [2.05, 4.69) is 0 Å². The van der Waals surface area contributed by atoms with Crippen LogP contribution in [0.5, 0.6) is 0 Å². The van der Waals surface area contributed by atoms with Crippen LogP contribution >= 0.6 is 0 Å². The molecule has 0 spiro atoms. The largest absolute Gasteiger partial charge is 0.330 e. The van der Waals surface area contributed by atoms with Gasteiger partial charge in [0.05, 0.1) is 0 Å². The molecule has 1 nitrogen and oxygen atoms in total. The zero-order chi connectivity index (χ0) is 8.44. The second-order valence-corrected chi connectivity index (χ2v) is 4.75. The van der Waals surface area contributed by atoms with Crippen molar-refractivity contribution in [1.82, 2.24) is 0 Å². The fourth-order valence-electron chi connectivity index (χ4n) is 3.41. The standard InChI is InChI=1S/C11H21N/c12-9-11-7-3-1-2-5-10(11)6-4-8-11/h10H,1-9,12H2. The number of hydrogen-bond acceptors (Lipinski definition) is 1. The highest BCUT2D eigenvalue weighted by atomic mass is 14.6. The van der Waals surface area contributed by atoms with Gasteiger partial charge in [-0.1, -0.05) is 25.7 Å². The average molecular weight is 167 g/mol. The first-order valence-electron chi connectivity index (χ1n) is 5.57. The first-order valence-corrected chi connectivity index (χ1v) is 5.57. The summed E-state index contributed by atoms with van der Waals surface area (Å²) in [4.78, 5) is 0. The maximum atomic E-state index is 5.95. The normalized spacial score (nSPS) is 42.2. The van der Waals surface area contributed by atoms with Gasteiger partial charge in [-0.2, -0.15) is 0 Å². The zero-order valence-corrected chi connectivity index (χ0v) is 8.02. The second kappa shape index (κ2) is 3.37. The lowest BCUT2D eigenvalue weighted by molar-refractivity contribution is 0.194. The molecule has 2 saturated carbocycles. The van der Waals surface area contributed by atoms with Crippen molar-refractivity contribution in [2.45, 2.75) is 51.4 Å². The monoisotopic (exact) mass is 167 g/mol. The van der Waals surface area contributed by atoms with Gasteiger partial charge < -0.3 is 5.73 Å². The van der Waals surface area contributed by atoms with E-state index in [0.29, 0.717) is 5.41 Å². The van der Waals surface area contributed by atoms with E-state index in [4.69, 9.17) is 5.73 Å². The molecule has 0 amide bonds. The number of rotatable bonds is 1. The van der Waals surface area contributed by atoms with Crippen molar-refractivity contribution >= 4 is 0 Å². The van der Waals surface area contributed by atoms with Crippen LogP contribution in [0.4, 0.5) is 0 Å². The topological polar surface area (TPSA) is 26.0 Å². The fraction of sp³-hybridized carbons (Fsp3) is 1.00. The third kappa shape index (κ3) is 1.28. The van der Waals surface area contributed by atoms with Crippen LogP contribution in [0.15, 0.2) is 0 Å². The number of hydrogen-bond donors (Lipinski definition) is 1. The van der Waals surface area contributed by atoms with Crippen LogP contribution in [0, 0.1) is 11.3 Å². The first-order chi connectivity index (χ1) is 5.87. The first kappa shape index (κ1) is 8.55. The molecule has 0 saturated heterocycles. The Kier molecular flexibility index (Phi) is 2.40. The van der Waals surface area contributed by atoms with Crippen molar-refractivity contribution < 1.29 is 0 Å². The van der Waals surface area contributed by atoms with E-state index >= 15 is 0 Å². The van der Waals surface area contributed by atoms with Gasteiger partial charge in [0.15, 0.2) is 0 Å².